The Morgan fingerprint density at radius 3 is 2.53 bits per heavy atom. The van der Waals surface area contributed by atoms with E-state index in [2.05, 4.69) is 0 Å². The summed E-state index contributed by atoms with van der Waals surface area (Å²) >= 11 is 0.791. The van der Waals surface area contributed by atoms with Crippen molar-refractivity contribution in [2.45, 2.75) is 19.1 Å². The lowest BCUT2D eigenvalue weighted by molar-refractivity contribution is -0.109. The van der Waals surface area contributed by atoms with Crippen molar-refractivity contribution in [1.82, 2.24) is 0 Å². The average molecular weight is 288 g/mol. The Balaban J connectivity index is 2.97. The van der Waals surface area contributed by atoms with E-state index < -0.39 is 24.0 Å². The van der Waals surface area contributed by atoms with Gasteiger partial charge >= 0.3 is 5.97 Å². The van der Waals surface area contributed by atoms with Crippen LogP contribution in [-0.4, -0.2) is 38.3 Å². The van der Waals surface area contributed by atoms with Crippen molar-refractivity contribution in [3.05, 3.63) is 35.1 Å². The van der Waals surface area contributed by atoms with Crippen LogP contribution in [0.1, 0.15) is 28.9 Å². The summed E-state index contributed by atoms with van der Waals surface area (Å²) in [6.45, 7) is 1.30. The summed E-state index contributed by atoms with van der Waals surface area (Å²) in [6.07, 6.45) is -2.94. The molecule has 0 aliphatic rings. The molecule has 2 atom stereocenters. The molecule has 0 aliphatic heterocycles. The zero-order valence-corrected chi connectivity index (χ0v) is 10.9. The van der Waals surface area contributed by atoms with Crippen molar-refractivity contribution in [2.24, 2.45) is 0 Å². The predicted molar refractivity (Wildman–Crippen MR) is 67.5 cm³/mol. The van der Waals surface area contributed by atoms with Crippen LogP contribution in [0.15, 0.2) is 18.2 Å². The minimum absolute atomic E-state index is 0.105. The monoisotopic (exact) mass is 288 g/mol. The number of rotatable bonds is 5. The van der Waals surface area contributed by atoms with Crippen molar-refractivity contribution in [2.75, 3.05) is 5.75 Å². The second-order valence-electron chi connectivity index (χ2n) is 3.85. The molecule has 1 aromatic rings. The highest BCUT2D eigenvalue weighted by molar-refractivity contribution is 8.13. The lowest BCUT2D eigenvalue weighted by Gasteiger charge is -2.19. The van der Waals surface area contributed by atoms with E-state index in [0.717, 1.165) is 30.0 Å². The number of halogens is 1. The van der Waals surface area contributed by atoms with E-state index in [1.807, 2.05) is 0 Å². The van der Waals surface area contributed by atoms with Crippen LogP contribution < -0.4 is 0 Å². The number of benzene rings is 1. The van der Waals surface area contributed by atoms with Gasteiger partial charge in [-0.25, -0.2) is 9.18 Å². The molecule has 104 valence electrons. The molecule has 0 spiro atoms. The number of aliphatic hydroxyl groups is 2. The van der Waals surface area contributed by atoms with E-state index in [-0.39, 0.29) is 22.0 Å². The number of carbonyl (C=O) groups excluding carboxylic acids is 1. The Labute approximate surface area is 113 Å². The number of carbonyl (C=O) groups is 2. The maximum Gasteiger partial charge on any atom is 0.336 e. The third kappa shape index (κ3) is 4.30. The lowest BCUT2D eigenvalue weighted by atomic mass is 9.99. The molecule has 3 N–H and O–H groups in total. The molecular weight excluding hydrogens is 275 g/mol. The molecule has 0 fully saturated rings. The molecule has 5 nitrogen and oxygen atoms in total. The summed E-state index contributed by atoms with van der Waals surface area (Å²) in [5.74, 6) is -2.16. The quantitative estimate of drug-likeness (QED) is 0.753. The summed E-state index contributed by atoms with van der Waals surface area (Å²) < 4.78 is 13.1. The molecule has 7 heteroatoms. The number of hydrogen-bond donors (Lipinski definition) is 3. The van der Waals surface area contributed by atoms with E-state index in [1.165, 1.54) is 6.92 Å². The first-order chi connectivity index (χ1) is 8.82. The summed E-state index contributed by atoms with van der Waals surface area (Å²) in [4.78, 5) is 21.7. The fourth-order valence-corrected chi connectivity index (χ4v) is 2.06. The minimum Gasteiger partial charge on any atom is -0.478 e. The normalized spacial score (nSPS) is 13.9. The zero-order chi connectivity index (χ0) is 14.6. The Morgan fingerprint density at radius 1 is 1.37 bits per heavy atom. The number of aromatic carboxylic acids is 1. The predicted octanol–water partition coefficient (Wildman–Crippen LogP) is 1.20. The van der Waals surface area contributed by atoms with E-state index in [9.17, 15) is 24.2 Å². The molecular formula is C12H13FO5S. The van der Waals surface area contributed by atoms with Gasteiger partial charge in [0.1, 0.15) is 11.9 Å². The highest BCUT2D eigenvalue weighted by Gasteiger charge is 2.24. The fourth-order valence-electron chi connectivity index (χ4n) is 1.47. The molecule has 0 saturated heterocycles. The zero-order valence-electron chi connectivity index (χ0n) is 10.0. The molecule has 0 amide bonds. The Bertz CT molecular complexity index is 491. The Morgan fingerprint density at radius 2 is 2.00 bits per heavy atom. The summed E-state index contributed by atoms with van der Waals surface area (Å²) in [6, 6.07) is 2.83. The van der Waals surface area contributed by atoms with Crippen LogP contribution in [0.3, 0.4) is 0 Å². The highest BCUT2D eigenvalue weighted by atomic mass is 32.2. The molecule has 2 unspecified atom stereocenters. The van der Waals surface area contributed by atoms with Crippen molar-refractivity contribution < 1.29 is 29.3 Å². The standard InChI is InChI=1S/C12H13FO5S/c1-6(14)19-5-10(15)11(16)9-4-7(13)2-3-8(9)12(17)18/h2-4,10-11,15-16H,5H2,1H3,(H,17,18). The van der Waals surface area contributed by atoms with Gasteiger partial charge in [-0.2, -0.15) is 0 Å². The van der Waals surface area contributed by atoms with Crippen molar-refractivity contribution in [1.29, 1.82) is 0 Å². The van der Waals surface area contributed by atoms with E-state index >= 15 is 0 Å². The molecule has 0 saturated carbocycles. The van der Waals surface area contributed by atoms with Crippen LogP contribution >= 0.6 is 11.8 Å². The van der Waals surface area contributed by atoms with E-state index in [4.69, 9.17) is 5.11 Å². The van der Waals surface area contributed by atoms with Gasteiger partial charge in [-0.3, -0.25) is 4.79 Å². The molecule has 1 aromatic carbocycles. The fraction of sp³-hybridized carbons (Fsp3) is 0.333. The summed E-state index contributed by atoms with van der Waals surface area (Å²) in [5.41, 5.74) is -0.509. The van der Waals surface area contributed by atoms with Crippen LogP contribution in [0.2, 0.25) is 0 Å². The smallest absolute Gasteiger partial charge is 0.336 e. The summed E-state index contributed by atoms with van der Waals surface area (Å²) in [7, 11) is 0. The maximum atomic E-state index is 13.1. The van der Waals surface area contributed by atoms with Gasteiger partial charge in [0.05, 0.1) is 11.7 Å². The molecule has 0 radical (unpaired) electrons. The number of thioether (sulfide) groups is 1. The van der Waals surface area contributed by atoms with Gasteiger partial charge in [0, 0.05) is 18.2 Å². The first-order valence-corrected chi connectivity index (χ1v) is 6.33. The highest BCUT2D eigenvalue weighted by Crippen LogP contribution is 2.24. The number of carboxylic acid groups (broad SMARTS) is 1. The molecule has 0 aliphatic carbocycles. The minimum atomic E-state index is -1.58. The summed E-state index contributed by atoms with van der Waals surface area (Å²) in [5, 5.41) is 28.2. The molecule has 0 heterocycles. The first kappa shape index (κ1) is 15.6. The molecule has 0 aromatic heterocycles. The van der Waals surface area contributed by atoms with E-state index in [1.54, 1.807) is 0 Å². The Kier molecular flexibility index (Phi) is 5.46. The van der Waals surface area contributed by atoms with Crippen LogP contribution in [-0.2, 0) is 4.79 Å². The number of aliphatic hydroxyl groups excluding tert-OH is 2. The third-order valence-corrected chi connectivity index (χ3v) is 3.30. The van der Waals surface area contributed by atoms with Crippen LogP contribution in [0, 0.1) is 5.82 Å². The lowest BCUT2D eigenvalue weighted by Crippen LogP contribution is -2.23. The largest absolute Gasteiger partial charge is 0.478 e. The van der Waals surface area contributed by atoms with Crippen LogP contribution in [0.4, 0.5) is 4.39 Å². The van der Waals surface area contributed by atoms with Gasteiger partial charge in [0.2, 0.25) is 0 Å². The van der Waals surface area contributed by atoms with Gasteiger partial charge in [-0.15, -0.1) is 0 Å². The van der Waals surface area contributed by atoms with Crippen LogP contribution in [0.25, 0.3) is 0 Å². The van der Waals surface area contributed by atoms with E-state index in [0.29, 0.717) is 0 Å². The molecule has 1 rings (SSSR count). The molecule has 19 heavy (non-hydrogen) atoms. The second-order valence-corrected chi connectivity index (χ2v) is 5.05. The SMILES string of the molecule is CC(=O)SCC(O)C(O)c1cc(F)ccc1C(=O)O. The first-order valence-electron chi connectivity index (χ1n) is 5.35. The van der Waals surface area contributed by atoms with Gasteiger partial charge in [0.25, 0.3) is 0 Å². The maximum absolute atomic E-state index is 13.1. The van der Waals surface area contributed by atoms with Crippen molar-refractivity contribution >= 4 is 22.8 Å². The Hall–Kier alpha value is -1.44. The second kappa shape index (κ2) is 6.65. The third-order valence-electron chi connectivity index (χ3n) is 2.38. The van der Waals surface area contributed by atoms with Gasteiger partial charge in [-0.1, -0.05) is 11.8 Å². The van der Waals surface area contributed by atoms with Gasteiger partial charge in [-0.05, 0) is 18.2 Å². The van der Waals surface area contributed by atoms with Crippen LogP contribution in [0.5, 0.6) is 0 Å². The number of carboxylic acids is 1. The topological polar surface area (TPSA) is 94.8 Å². The van der Waals surface area contributed by atoms with Crippen molar-refractivity contribution in [3.63, 3.8) is 0 Å². The van der Waals surface area contributed by atoms with Gasteiger partial charge in [0.15, 0.2) is 5.12 Å². The van der Waals surface area contributed by atoms with Crippen molar-refractivity contribution in [3.8, 4) is 0 Å². The number of hydrogen-bond acceptors (Lipinski definition) is 5. The average Bonchev–Trinajstić information content (AvgIpc) is 2.34. The molecule has 0 bridgehead atoms. The van der Waals surface area contributed by atoms with Gasteiger partial charge < -0.3 is 15.3 Å².